The Morgan fingerprint density at radius 2 is 1.80 bits per heavy atom. The number of benzene rings is 3. The van der Waals surface area contributed by atoms with Crippen molar-refractivity contribution in [1.29, 1.82) is 0 Å². The lowest BCUT2D eigenvalue weighted by Crippen LogP contribution is -2.56. The summed E-state index contributed by atoms with van der Waals surface area (Å²) in [5.74, 6) is -6.67. The number of amides is 3. The first-order valence-electron chi connectivity index (χ1n) is 20.5. The van der Waals surface area contributed by atoms with Crippen molar-refractivity contribution < 1.29 is 37.8 Å². The van der Waals surface area contributed by atoms with Gasteiger partial charge in [0.15, 0.2) is 17.4 Å². The van der Waals surface area contributed by atoms with Crippen molar-refractivity contribution in [2.45, 2.75) is 82.9 Å². The molecule has 14 nitrogen and oxygen atoms in total. The zero-order valence-electron chi connectivity index (χ0n) is 33.1. The first kappa shape index (κ1) is 39.5. The number of piperidine rings is 1. The number of anilines is 2. The highest BCUT2D eigenvalue weighted by molar-refractivity contribution is 6.02. The molecule has 3 aliphatic heterocycles. The number of carbonyl (C=O) groups excluding carboxylic acids is 3. The normalized spacial score (nSPS) is 21.9. The molecule has 3 amide bonds. The molecule has 4 N–H and O–H groups in total. The molecule has 3 aromatic carbocycles. The third-order valence-electron chi connectivity index (χ3n) is 12.7. The number of imidazole rings is 1. The Morgan fingerprint density at radius 3 is 2.60 bits per heavy atom. The van der Waals surface area contributed by atoms with E-state index in [-0.39, 0.29) is 36.7 Å². The van der Waals surface area contributed by atoms with Crippen LogP contribution in [0.4, 0.5) is 24.5 Å². The van der Waals surface area contributed by atoms with Gasteiger partial charge in [0.25, 0.3) is 5.91 Å². The highest BCUT2D eigenvalue weighted by atomic mass is 19.2. The molecule has 0 radical (unpaired) electrons. The largest absolute Gasteiger partial charge is 0.503 e. The van der Waals surface area contributed by atoms with Gasteiger partial charge >= 0.3 is 0 Å². The van der Waals surface area contributed by atoms with Gasteiger partial charge in [-0.25, -0.2) is 13.8 Å². The molecule has 9 rings (SSSR count). The second kappa shape index (κ2) is 15.9. The molecule has 2 atom stereocenters. The number of aliphatic hydroxyl groups is 1. The second-order valence-corrected chi connectivity index (χ2v) is 16.4. The average Bonchev–Trinajstić information content (AvgIpc) is 3.94. The molecular formula is C43H46F3N9O5. The fourth-order valence-corrected chi connectivity index (χ4v) is 9.25. The molecule has 5 aromatic rings. The molecule has 314 valence electrons. The Kier molecular flexibility index (Phi) is 10.5. The number of halogens is 3. The highest BCUT2D eigenvalue weighted by Crippen LogP contribution is 2.41. The Hall–Kier alpha value is -5.94. The van der Waals surface area contributed by atoms with Gasteiger partial charge < -0.3 is 29.9 Å². The molecule has 2 aromatic heterocycles. The van der Waals surface area contributed by atoms with E-state index in [1.165, 1.54) is 0 Å². The molecule has 1 saturated heterocycles. The van der Waals surface area contributed by atoms with E-state index in [0.29, 0.717) is 12.5 Å². The number of carbonyl (C=O) groups is 3. The summed E-state index contributed by atoms with van der Waals surface area (Å²) in [6, 6.07) is 12.5. The fourth-order valence-electron chi connectivity index (χ4n) is 9.25. The minimum absolute atomic E-state index is 0.116. The molecule has 1 aliphatic carbocycles. The van der Waals surface area contributed by atoms with E-state index < -0.39 is 47.1 Å². The number of aromatic hydroxyl groups is 1. The number of phenolic OH excluding ortho intramolecular Hbond substituents is 1. The summed E-state index contributed by atoms with van der Waals surface area (Å²) in [6.07, 6.45) is 8.64. The number of phenols is 1. The van der Waals surface area contributed by atoms with Crippen molar-refractivity contribution in [2.24, 2.45) is 5.92 Å². The Bertz CT molecular complexity index is 2500. The molecule has 1 saturated carbocycles. The van der Waals surface area contributed by atoms with E-state index in [4.69, 9.17) is 10.1 Å². The summed E-state index contributed by atoms with van der Waals surface area (Å²) in [5, 5.41) is 31.2. The maximum absolute atomic E-state index is 14.2. The first-order valence-corrected chi connectivity index (χ1v) is 20.5. The van der Waals surface area contributed by atoms with Crippen LogP contribution in [-0.4, -0.2) is 91.2 Å². The summed E-state index contributed by atoms with van der Waals surface area (Å²) in [4.78, 5) is 47.5. The van der Waals surface area contributed by atoms with Crippen LogP contribution in [0.25, 0.3) is 22.2 Å². The number of aryl methyl sites for hydroxylation is 1. The molecule has 17 heteroatoms. The Balaban J connectivity index is 0.772. The van der Waals surface area contributed by atoms with Gasteiger partial charge in [-0.3, -0.25) is 29.3 Å². The van der Waals surface area contributed by atoms with Crippen LogP contribution < -0.4 is 20.4 Å². The van der Waals surface area contributed by atoms with E-state index in [1.54, 1.807) is 9.80 Å². The number of rotatable bonds is 10. The smallest absolute Gasteiger partial charge is 0.254 e. The molecular weight excluding hydrogens is 780 g/mol. The van der Waals surface area contributed by atoms with Gasteiger partial charge in [0.1, 0.15) is 11.9 Å². The van der Waals surface area contributed by atoms with Crippen LogP contribution in [0.3, 0.4) is 0 Å². The molecule has 2 fully saturated rings. The minimum Gasteiger partial charge on any atom is -0.503 e. The maximum atomic E-state index is 14.2. The molecule has 60 heavy (non-hydrogen) atoms. The van der Waals surface area contributed by atoms with Gasteiger partial charge in [-0.1, -0.05) is 18.2 Å². The van der Waals surface area contributed by atoms with Gasteiger partial charge in [0.2, 0.25) is 24.0 Å². The summed E-state index contributed by atoms with van der Waals surface area (Å²) < 4.78 is 45.9. The van der Waals surface area contributed by atoms with E-state index in [9.17, 15) is 37.8 Å². The predicted molar refractivity (Wildman–Crippen MR) is 215 cm³/mol. The zero-order chi connectivity index (χ0) is 41.8. The van der Waals surface area contributed by atoms with E-state index in [0.717, 1.165) is 110 Å². The Labute approximate surface area is 343 Å². The number of hydrogen-bond donors (Lipinski definition) is 4. The van der Waals surface area contributed by atoms with Crippen LogP contribution >= 0.6 is 0 Å². The molecule has 4 aliphatic rings. The van der Waals surface area contributed by atoms with Gasteiger partial charge in [-0.15, -0.1) is 0 Å². The summed E-state index contributed by atoms with van der Waals surface area (Å²) >= 11 is 0. The first-order chi connectivity index (χ1) is 28.9. The number of nitrogens with one attached hydrogen (secondary N) is 2. The summed E-state index contributed by atoms with van der Waals surface area (Å²) in [7, 11) is 1.81. The van der Waals surface area contributed by atoms with Crippen LogP contribution in [0.5, 0.6) is 5.75 Å². The maximum Gasteiger partial charge on any atom is 0.254 e. The van der Waals surface area contributed by atoms with Crippen molar-refractivity contribution in [1.82, 2.24) is 34.9 Å². The molecule has 0 spiro atoms. The van der Waals surface area contributed by atoms with Gasteiger partial charge in [0, 0.05) is 50.2 Å². The van der Waals surface area contributed by atoms with Crippen molar-refractivity contribution in [3.05, 3.63) is 89.3 Å². The molecule has 0 bridgehead atoms. The summed E-state index contributed by atoms with van der Waals surface area (Å²) in [6.45, 7) is 3.60. The SMILES string of the molecule is CN1c2cc(CCCN3CCn4c(-c5ccc6cn([C@H]7CC[C@H](CNC(=O)c8cc(F)c(O)c(F)c8F)CC7)nc6c5)cnc4C3)ccc2N(C2CCC(=O)NC2=O)C1O. The number of aromatic nitrogens is 4. The van der Waals surface area contributed by atoms with Crippen LogP contribution in [0.2, 0.25) is 0 Å². The lowest BCUT2D eigenvalue weighted by Gasteiger charge is -2.34. The second-order valence-electron chi connectivity index (χ2n) is 16.4. The van der Waals surface area contributed by atoms with Crippen molar-refractivity contribution in [3.63, 3.8) is 0 Å². The van der Waals surface area contributed by atoms with Crippen molar-refractivity contribution in [2.75, 3.05) is 36.5 Å². The lowest BCUT2D eigenvalue weighted by molar-refractivity contribution is -0.134. The van der Waals surface area contributed by atoms with Crippen LogP contribution in [-0.2, 0) is 29.1 Å². The van der Waals surface area contributed by atoms with Crippen molar-refractivity contribution >= 4 is 40.0 Å². The molecule has 2 unspecified atom stereocenters. The zero-order valence-corrected chi connectivity index (χ0v) is 33.1. The minimum atomic E-state index is -1.78. The molecule has 5 heterocycles. The number of fused-ring (bicyclic) bond motifs is 3. The number of aliphatic hydroxyl groups excluding tert-OH is 1. The predicted octanol–water partition coefficient (Wildman–Crippen LogP) is 4.97. The number of hydrogen-bond acceptors (Lipinski definition) is 10. The van der Waals surface area contributed by atoms with Crippen LogP contribution in [0.15, 0.2) is 54.9 Å². The Morgan fingerprint density at radius 1 is 0.983 bits per heavy atom. The number of imide groups is 1. The highest BCUT2D eigenvalue weighted by Gasteiger charge is 2.42. The topological polar surface area (TPSA) is 161 Å². The van der Waals surface area contributed by atoms with Gasteiger partial charge in [0.05, 0.1) is 46.9 Å². The standard InChI is InChI=1S/C43H46F3N9O5/c1-51-34-17-24(6-11-32(34)55(43(51)60)33-12-13-37(56)49-42(33)59)3-2-14-52-15-16-53-35(21-47-36(53)23-52)26-7-8-27-22-54(50-31(27)18-26)28-9-4-25(5-10-28)20-48-41(58)29-19-30(44)40(57)39(46)38(29)45/h6-8,11,17-19,21-22,25,28,33,43,57,60H,2-5,9-10,12-16,20,23H2,1H3,(H,48,58)(H,49,56,59)/t25-,28-,33?,43?. The monoisotopic (exact) mass is 825 g/mol. The third-order valence-corrected chi connectivity index (χ3v) is 12.7. The third kappa shape index (κ3) is 7.33. The summed E-state index contributed by atoms with van der Waals surface area (Å²) in [5.41, 5.74) is 5.00. The van der Waals surface area contributed by atoms with E-state index in [2.05, 4.69) is 56.6 Å². The quantitative estimate of drug-likeness (QED) is 0.112. The van der Waals surface area contributed by atoms with Crippen LogP contribution in [0.1, 0.15) is 72.7 Å². The lowest BCUT2D eigenvalue weighted by atomic mass is 9.86. The van der Waals surface area contributed by atoms with E-state index in [1.807, 2.05) is 24.0 Å². The average molecular weight is 826 g/mol. The van der Waals surface area contributed by atoms with Crippen molar-refractivity contribution in [3.8, 4) is 17.0 Å². The van der Waals surface area contributed by atoms with E-state index >= 15 is 0 Å². The van der Waals surface area contributed by atoms with Gasteiger partial charge in [-0.05, 0) is 87.2 Å². The van der Waals surface area contributed by atoms with Gasteiger partial charge in [-0.2, -0.15) is 9.49 Å². The van der Waals surface area contributed by atoms with Crippen LogP contribution in [0, 0.1) is 23.4 Å². The number of nitrogens with zero attached hydrogens (tertiary/aromatic N) is 7. The fraction of sp³-hybridized carbons (Fsp3) is 0.419.